The Bertz CT molecular complexity index is 631. The fourth-order valence-electron chi connectivity index (χ4n) is 2.48. The minimum Gasteiger partial charge on any atom is -0.399 e. The van der Waals surface area contributed by atoms with Crippen LogP contribution in [0.15, 0.2) is 18.2 Å². The SMILES string of the molecule is CS(=O)CCCn1c(C2CC2)nc2cc(N)ccc21. The van der Waals surface area contributed by atoms with Crippen molar-refractivity contribution < 1.29 is 4.21 Å². The van der Waals surface area contributed by atoms with Crippen molar-refractivity contribution in [3.63, 3.8) is 0 Å². The van der Waals surface area contributed by atoms with Crippen molar-refractivity contribution in [1.29, 1.82) is 0 Å². The molecule has 102 valence electrons. The topological polar surface area (TPSA) is 60.9 Å². The van der Waals surface area contributed by atoms with E-state index in [1.807, 2.05) is 18.2 Å². The van der Waals surface area contributed by atoms with Crippen molar-refractivity contribution in [3.05, 3.63) is 24.0 Å². The number of aryl methyl sites for hydroxylation is 1. The molecule has 1 saturated carbocycles. The van der Waals surface area contributed by atoms with Gasteiger partial charge in [0.2, 0.25) is 0 Å². The van der Waals surface area contributed by atoms with Gasteiger partial charge in [0.15, 0.2) is 0 Å². The quantitative estimate of drug-likeness (QED) is 0.853. The highest BCUT2D eigenvalue weighted by atomic mass is 32.2. The van der Waals surface area contributed by atoms with Gasteiger partial charge in [-0.3, -0.25) is 4.21 Å². The molecule has 2 N–H and O–H groups in total. The number of anilines is 1. The second kappa shape index (κ2) is 4.96. The first-order valence-electron chi connectivity index (χ1n) is 6.71. The van der Waals surface area contributed by atoms with Crippen LogP contribution in [0.2, 0.25) is 0 Å². The zero-order chi connectivity index (χ0) is 13.4. The van der Waals surface area contributed by atoms with Gasteiger partial charge in [0.25, 0.3) is 0 Å². The lowest BCUT2D eigenvalue weighted by Gasteiger charge is -2.08. The predicted molar refractivity (Wildman–Crippen MR) is 79.7 cm³/mol. The second-order valence-electron chi connectivity index (χ2n) is 5.27. The van der Waals surface area contributed by atoms with Crippen molar-refractivity contribution in [3.8, 4) is 0 Å². The summed E-state index contributed by atoms with van der Waals surface area (Å²) in [5.41, 5.74) is 8.72. The molecular formula is C14H19N3OS. The summed E-state index contributed by atoms with van der Waals surface area (Å²) in [5, 5.41) is 0. The van der Waals surface area contributed by atoms with Gasteiger partial charge in [0, 0.05) is 41.0 Å². The molecule has 2 aromatic rings. The average molecular weight is 277 g/mol. The van der Waals surface area contributed by atoms with Crippen LogP contribution in [-0.2, 0) is 17.3 Å². The first-order chi connectivity index (χ1) is 9.15. The van der Waals surface area contributed by atoms with Gasteiger partial charge in [-0.1, -0.05) is 0 Å². The van der Waals surface area contributed by atoms with Gasteiger partial charge in [0.1, 0.15) is 5.82 Å². The normalized spacial score (nSPS) is 16.9. The summed E-state index contributed by atoms with van der Waals surface area (Å²) in [7, 11) is -0.720. The maximum atomic E-state index is 11.2. The second-order valence-corrected chi connectivity index (χ2v) is 6.83. The van der Waals surface area contributed by atoms with E-state index in [0.29, 0.717) is 5.92 Å². The van der Waals surface area contributed by atoms with E-state index in [-0.39, 0.29) is 0 Å². The monoisotopic (exact) mass is 277 g/mol. The van der Waals surface area contributed by atoms with Crippen molar-refractivity contribution in [2.75, 3.05) is 17.7 Å². The highest BCUT2D eigenvalue weighted by Crippen LogP contribution is 2.40. The molecule has 1 atom stereocenters. The van der Waals surface area contributed by atoms with E-state index >= 15 is 0 Å². The maximum absolute atomic E-state index is 11.2. The van der Waals surface area contributed by atoms with Gasteiger partial charge < -0.3 is 10.3 Å². The van der Waals surface area contributed by atoms with E-state index < -0.39 is 10.8 Å². The average Bonchev–Trinajstić information content (AvgIpc) is 3.13. The van der Waals surface area contributed by atoms with Gasteiger partial charge in [0.05, 0.1) is 11.0 Å². The lowest BCUT2D eigenvalue weighted by molar-refractivity contribution is 0.647. The molecule has 19 heavy (non-hydrogen) atoms. The van der Waals surface area contributed by atoms with E-state index in [1.54, 1.807) is 6.26 Å². The summed E-state index contributed by atoms with van der Waals surface area (Å²) in [6.45, 7) is 0.895. The van der Waals surface area contributed by atoms with Crippen molar-refractivity contribution in [1.82, 2.24) is 9.55 Å². The summed E-state index contributed by atoms with van der Waals surface area (Å²) >= 11 is 0. The number of benzene rings is 1. The number of imidazole rings is 1. The van der Waals surface area contributed by atoms with Gasteiger partial charge in [-0.25, -0.2) is 4.98 Å². The number of hydrogen-bond donors (Lipinski definition) is 1. The molecule has 0 aliphatic heterocycles. The van der Waals surface area contributed by atoms with Crippen LogP contribution in [0, 0.1) is 0 Å². The minimum atomic E-state index is -0.720. The highest BCUT2D eigenvalue weighted by Gasteiger charge is 2.29. The fraction of sp³-hybridized carbons (Fsp3) is 0.500. The largest absolute Gasteiger partial charge is 0.399 e. The lowest BCUT2D eigenvalue weighted by atomic mass is 10.3. The highest BCUT2D eigenvalue weighted by molar-refractivity contribution is 7.84. The van der Waals surface area contributed by atoms with E-state index in [4.69, 9.17) is 10.7 Å². The van der Waals surface area contributed by atoms with E-state index in [2.05, 4.69) is 4.57 Å². The van der Waals surface area contributed by atoms with Crippen LogP contribution in [0.1, 0.15) is 31.0 Å². The maximum Gasteiger partial charge on any atom is 0.112 e. The van der Waals surface area contributed by atoms with Gasteiger partial charge in [-0.05, 0) is 37.5 Å². The lowest BCUT2D eigenvalue weighted by Crippen LogP contribution is -2.06. The molecule has 1 heterocycles. The molecule has 1 aromatic carbocycles. The first kappa shape index (κ1) is 12.7. The van der Waals surface area contributed by atoms with Gasteiger partial charge in [-0.2, -0.15) is 0 Å². The number of nitrogens with zero attached hydrogens (tertiary/aromatic N) is 2. The molecule has 0 saturated heterocycles. The number of hydrogen-bond acceptors (Lipinski definition) is 3. The number of rotatable bonds is 5. The van der Waals surface area contributed by atoms with Crippen molar-refractivity contribution in [2.45, 2.75) is 31.7 Å². The molecule has 1 unspecified atom stereocenters. The third-order valence-corrected chi connectivity index (χ3v) is 4.42. The van der Waals surface area contributed by atoms with Crippen molar-refractivity contribution >= 4 is 27.5 Å². The molecule has 1 aromatic heterocycles. The predicted octanol–water partition coefficient (Wildman–Crippen LogP) is 2.26. The van der Waals surface area contributed by atoms with Crippen LogP contribution in [0.3, 0.4) is 0 Å². The molecule has 1 aliphatic rings. The standard InChI is InChI=1S/C14H19N3OS/c1-19(18)8-2-7-17-13-6-5-11(15)9-12(13)16-14(17)10-3-4-10/h5-6,9-10H,2-4,7-8,15H2,1H3. The van der Waals surface area contributed by atoms with Crippen LogP contribution >= 0.6 is 0 Å². The Hall–Kier alpha value is -1.36. The Morgan fingerprint density at radius 1 is 1.47 bits per heavy atom. The minimum absolute atomic E-state index is 0.612. The Kier molecular flexibility index (Phi) is 3.31. The summed E-state index contributed by atoms with van der Waals surface area (Å²) in [5.74, 6) is 2.54. The summed E-state index contributed by atoms with van der Waals surface area (Å²) in [4.78, 5) is 4.74. The molecule has 0 bridgehead atoms. The van der Waals surface area contributed by atoms with Crippen LogP contribution in [0.4, 0.5) is 5.69 Å². The summed E-state index contributed by atoms with van der Waals surface area (Å²) < 4.78 is 13.5. The molecule has 1 fully saturated rings. The summed E-state index contributed by atoms with van der Waals surface area (Å²) in [6, 6.07) is 5.91. The number of nitrogen functional groups attached to an aromatic ring is 1. The molecule has 1 aliphatic carbocycles. The molecule has 0 amide bonds. The third-order valence-electron chi connectivity index (χ3n) is 3.56. The Balaban J connectivity index is 1.94. The third kappa shape index (κ3) is 2.66. The molecular weight excluding hydrogens is 258 g/mol. The van der Waals surface area contributed by atoms with Gasteiger partial charge >= 0.3 is 0 Å². The molecule has 4 nitrogen and oxygen atoms in total. The number of fused-ring (bicyclic) bond motifs is 1. The van der Waals surface area contributed by atoms with E-state index in [0.717, 1.165) is 35.4 Å². The van der Waals surface area contributed by atoms with Gasteiger partial charge in [-0.15, -0.1) is 0 Å². The zero-order valence-electron chi connectivity index (χ0n) is 11.1. The molecule has 5 heteroatoms. The smallest absolute Gasteiger partial charge is 0.112 e. The van der Waals surface area contributed by atoms with Crippen LogP contribution in [0.25, 0.3) is 11.0 Å². The number of aromatic nitrogens is 2. The number of nitrogens with two attached hydrogens (primary N) is 1. The van der Waals surface area contributed by atoms with Crippen LogP contribution < -0.4 is 5.73 Å². The molecule has 3 rings (SSSR count). The van der Waals surface area contributed by atoms with Crippen LogP contribution in [-0.4, -0.2) is 25.8 Å². The Labute approximate surface area is 115 Å². The summed E-state index contributed by atoms with van der Waals surface area (Å²) in [6.07, 6.45) is 5.16. The molecule has 0 radical (unpaired) electrons. The fourth-order valence-corrected chi connectivity index (χ4v) is 3.02. The Morgan fingerprint density at radius 3 is 2.95 bits per heavy atom. The first-order valence-corrected chi connectivity index (χ1v) is 8.43. The molecule has 0 spiro atoms. The van der Waals surface area contributed by atoms with Crippen molar-refractivity contribution in [2.24, 2.45) is 0 Å². The van der Waals surface area contributed by atoms with Crippen LogP contribution in [0.5, 0.6) is 0 Å². The Morgan fingerprint density at radius 2 is 2.26 bits per heavy atom. The van der Waals surface area contributed by atoms with E-state index in [1.165, 1.54) is 18.7 Å². The zero-order valence-corrected chi connectivity index (χ0v) is 11.9. The van der Waals surface area contributed by atoms with E-state index in [9.17, 15) is 4.21 Å².